The van der Waals surface area contributed by atoms with Crippen LogP contribution in [0.25, 0.3) is 5.69 Å². The molecule has 0 N–H and O–H groups in total. The lowest BCUT2D eigenvalue weighted by Gasteiger charge is -2.15. The van der Waals surface area contributed by atoms with Crippen molar-refractivity contribution in [2.75, 3.05) is 6.54 Å². The van der Waals surface area contributed by atoms with Crippen LogP contribution in [0.15, 0.2) is 53.7 Å². The molecule has 0 unspecified atom stereocenters. The van der Waals surface area contributed by atoms with Crippen LogP contribution < -0.4 is 0 Å². The summed E-state index contributed by atoms with van der Waals surface area (Å²) >= 11 is 1.28. The van der Waals surface area contributed by atoms with Gasteiger partial charge >= 0.3 is 0 Å². The second kappa shape index (κ2) is 8.52. The van der Waals surface area contributed by atoms with E-state index in [0.717, 1.165) is 5.56 Å². The van der Waals surface area contributed by atoms with E-state index in [4.69, 9.17) is 0 Å². The van der Waals surface area contributed by atoms with E-state index in [1.165, 1.54) is 29.5 Å². The summed E-state index contributed by atoms with van der Waals surface area (Å²) in [6.45, 7) is 5.76. The molecule has 1 atom stereocenters. The van der Waals surface area contributed by atoms with Crippen molar-refractivity contribution in [2.24, 2.45) is 0 Å². The molecular weight excluding hydrogens is 379 g/mol. The molecule has 0 aliphatic carbocycles. The van der Waals surface area contributed by atoms with Crippen LogP contribution in [0.5, 0.6) is 0 Å². The summed E-state index contributed by atoms with van der Waals surface area (Å²) in [5, 5.41) is 19.7. The first-order chi connectivity index (χ1) is 13.3. The van der Waals surface area contributed by atoms with Gasteiger partial charge in [0.1, 0.15) is 16.9 Å². The molecule has 3 aromatic rings. The van der Waals surface area contributed by atoms with Gasteiger partial charge in [0.15, 0.2) is 5.16 Å². The van der Waals surface area contributed by atoms with Gasteiger partial charge in [-0.2, -0.15) is 0 Å². The minimum absolute atomic E-state index is 0.235. The minimum atomic E-state index is -0.418. The fraction of sp³-hybridized carbons (Fsp3) is 0.300. The molecule has 0 fully saturated rings. The lowest BCUT2D eigenvalue weighted by Crippen LogP contribution is -2.11. The zero-order chi connectivity index (χ0) is 20.3. The van der Waals surface area contributed by atoms with Crippen molar-refractivity contribution in [3.63, 3.8) is 0 Å². The number of thioether (sulfide) groups is 1. The first-order valence-electron chi connectivity index (χ1n) is 8.91. The van der Waals surface area contributed by atoms with Crippen LogP contribution in [-0.2, 0) is 0 Å². The highest BCUT2D eigenvalue weighted by molar-refractivity contribution is 7.99. The van der Waals surface area contributed by atoms with Crippen molar-refractivity contribution in [3.8, 4) is 5.69 Å². The number of aromatic nitrogens is 3. The molecule has 3 rings (SSSR count). The van der Waals surface area contributed by atoms with Gasteiger partial charge in [0.05, 0.1) is 0 Å². The molecule has 0 saturated heterocycles. The normalized spacial score (nSPS) is 12.3. The quantitative estimate of drug-likeness (QED) is 0.319. The molecule has 146 valence electrons. The van der Waals surface area contributed by atoms with Crippen molar-refractivity contribution in [2.45, 2.75) is 37.1 Å². The Labute approximate surface area is 167 Å². The standard InChI is InChI=1S/C20H21FN4O2S/c1-13(2)15-4-6-16(7-5-15)19(12-24(26)27)28-20-23-22-14(3)25(20)18-10-8-17(21)9-11-18/h4-11,13,19H,12H2,1-3H3/t19-/m0/s1. The first-order valence-corrected chi connectivity index (χ1v) is 9.79. The maximum absolute atomic E-state index is 13.3. The van der Waals surface area contributed by atoms with Gasteiger partial charge in [-0.25, -0.2) is 4.39 Å². The Hall–Kier alpha value is -2.74. The van der Waals surface area contributed by atoms with Crippen LogP contribution in [0.3, 0.4) is 0 Å². The Balaban J connectivity index is 1.94. The van der Waals surface area contributed by atoms with Gasteiger partial charge in [-0.15, -0.1) is 10.2 Å². The van der Waals surface area contributed by atoms with E-state index in [1.807, 2.05) is 24.3 Å². The highest BCUT2D eigenvalue weighted by Crippen LogP contribution is 2.36. The minimum Gasteiger partial charge on any atom is -0.274 e. The Morgan fingerprint density at radius 3 is 2.25 bits per heavy atom. The Morgan fingerprint density at radius 2 is 1.68 bits per heavy atom. The van der Waals surface area contributed by atoms with Crippen LogP contribution in [-0.4, -0.2) is 26.2 Å². The largest absolute Gasteiger partial charge is 0.274 e. The zero-order valence-corrected chi connectivity index (χ0v) is 16.7. The van der Waals surface area contributed by atoms with Crippen LogP contribution in [0, 0.1) is 22.9 Å². The van der Waals surface area contributed by atoms with Gasteiger partial charge in [0.25, 0.3) is 0 Å². The average molecular weight is 400 g/mol. The SMILES string of the molecule is Cc1nnc(S[C@@H](C[N+](=O)[O-])c2ccc(C(C)C)cc2)n1-c1ccc(F)cc1. The van der Waals surface area contributed by atoms with Crippen LogP contribution in [0.2, 0.25) is 0 Å². The summed E-state index contributed by atoms with van der Waals surface area (Å²) < 4.78 is 15.1. The Kier molecular flexibility index (Phi) is 6.08. The number of hydrogen-bond donors (Lipinski definition) is 0. The molecule has 1 heterocycles. The highest BCUT2D eigenvalue weighted by Gasteiger charge is 2.24. The fourth-order valence-corrected chi connectivity index (χ4v) is 4.05. The van der Waals surface area contributed by atoms with Crippen molar-refractivity contribution < 1.29 is 9.31 Å². The Bertz CT molecular complexity index is 955. The molecule has 8 heteroatoms. The molecule has 1 aromatic heterocycles. The molecule has 28 heavy (non-hydrogen) atoms. The molecule has 0 aliphatic rings. The number of nitro groups is 1. The van der Waals surface area contributed by atoms with E-state index < -0.39 is 5.25 Å². The lowest BCUT2D eigenvalue weighted by molar-refractivity contribution is -0.479. The molecular formula is C20H21FN4O2S. The smallest absolute Gasteiger partial charge is 0.220 e. The summed E-state index contributed by atoms with van der Waals surface area (Å²) in [4.78, 5) is 10.9. The molecule has 0 saturated carbocycles. The van der Waals surface area contributed by atoms with Crippen molar-refractivity contribution in [1.82, 2.24) is 14.8 Å². The molecule has 0 bridgehead atoms. The molecule has 0 aliphatic heterocycles. The topological polar surface area (TPSA) is 73.8 Å². The maximum atomic E-state index is 13.3. The first kappa shape index (κ1) is 20.0. The fourth-order valence-electron chi connectivity index (χ4n) is 2.88. The van der Waals surface area contributed by atoms with E-state index in [0.29, 0.717) is 22.6 Å². The summed E-state index contributed by atoms with van der Waals surface area (Å²) in [7, 11) is 0. The van der Waals surface area contributed by atoms with E-state index >= 15 is 0 Å². The van der Waals surface area contributed by atoms with Gasteiger partial charge in [0, 0.05) is 10.6 Å². The molecule has 0 radical (unpaired) electrons. The van der Waals surface area contributed by atoms with Gasteiger partial charge in [-0.05, 0) is 48.2 Å². The number of benzene rings is 2. The molecule has 0 amide bonds. The van der Waals surface area contributed by atoms with E-state index in [9.17, 15) is 14.5 Å². The second-order valence-electron chi connectivity index (χ2n) is 6.78. The van der Waals surface area contributed by atoms with Gasteiger partial charge in [-0.3, -0.25) is 14.7 Å². The predicted octanol–water partition coefficient (Wildman–Crippen LogP) is 4.95. The van der Waals surface area contributed by atoms with E-state index in [-0.39, 0.29) is 17.3 Å². The monoisotopic (exact) mass is 400 g/mol. The van der Waals surface area contributed by atoms with Gasteiger partial charge in [-0.1, -0.05) is 49.9 Å². The summed E-state index contributed by atoms with van der Waals surface area (Å²) in [6, 6.07) is 13.9. The van der Waals surface area contributed by atoms with Crippen LogP contribution in [0.4, 0.5) is 4.39 Å². The third kappa shape index (κ3) is 4.56. The summed E-state index contributed by atoms with van der Waals surface area (Å²) in [6.07, 6.45) is 0. The second-order valence-corrected chi connectivity index (χ2v) is 7.95. The molecule has 2 aromatic carbocycles. The highest BCUT2D eigenvalue weighted by atomic mass is 32.2. The number of hydrogen-bond acceptors (Lipinski definition) is 5. The number of halogens is 1. The van der Waals surface area contributed by atoms with E-state index in [2.05, 4.69) is 24.0 Å². The number of nitrogens with zero attached hydrogens (tertiary/aromatic N) is 4. The van der Waals surface area contributed by atoms with Crippen molar-refractivity contribution in [1.29, 1.82) is 0 Å². The summed E-state index contributed by atoms with van der Waals surface area (Å²) in [5.74, 6) is 0.684. The average Bonchev–Trinajstić information content (AvgIpc) is 3.02. The van der Waals surface area contributed by atoms with E-state index in [1.54, 1.807) is 23.6 Å². The van der Waals surface area contributed by atoms with Crippen LogP contribution >= 0.6 is 11.8 Å². The third-order valence-electron chi connectivity index (χ3n) is 4.42. The summed E-state index contributed by atoms with van der Waals surface area (Å²) in [5.41, 5.74) is 2.75. The molecule has 6 nitrogen and oxygen atoms in total. The third-order valence-corrected chi connectivity index (χ3v) is 5.60. The van der Waals surface area contributed by atoms with Crippen LogP contribution in [0.1, 0.15) is 42.0 Å². The van der Waals surface area contributed by atoms with Gasteiger partial charge in [0.2, 0.25) is 6.54 Å². The lowest BCUT2D eigenvalue weighted by atomic mass is 10.0. The Morgan fingerprint density at radius 1 is 1.07 bits per heavy atom. The van der Waals surface area contributed by atoms with Gasteiger partial charge < -0.3 is 0 Å². The van der Waals surface area contributed by atoms with Crippen molar-refractivity contribution >= 4 is 11.8 Å². The number of aryl methyl sites for hydroxylation is 1. The molecule has 0 spiro atoms. The maximum Gasteiger partial charge on any atom is 0.220 e. The predicted molar refractivity (Wildman–Crippen MR) is 107 cm³/mol. The zero-order valence-electron chi connectivity index (χ0n) is 15.9. The van der Waals surface area contributed by atoms with Crippen molar-refractivity contribution in [3.05, 3.63) is 81.4 Å². The number of rotatable bonds is 7.